The van der Waals surface area contributed by atoms with Crippen LogP contribution in [0.25, 0.3) is 21.9 Å². The topological polar surface area (TPSA) is 119 Å². The lowest BCUT2D eigenvalue weighted by molar-refractivity contribution is 0.194. The van der Waals surface area contributed by atoms with Crippen molar-refractivity contribution in [1.29, 1.82) is 0 Å². The molecule has 4 aromatic rings. The van der Waals surface area contributed by atoms with Crippen LogP contribution in [0.4, 0.5) is 11.8 Å². The fourth-order valence-corrected chi connectivity index (χ4v) is 4.43. The lowest BCUT2D eigenvalue weighted by Gasteiger charge is -2.15. The van der Waals surface area contributed by atoms with Crippen LogP contribution >= 0.6 is 0 Å². The fourth-order valence-electron chi connectivity index (χ4n) is 4.43. The Hall–Kier alpha value is -3.40. The van der Waals surface area contributed by atoms with Gasteiger partial charge >= 0.3 is 0 Å². The number of rotatable bonds is 13. The van der Waals surface area contributed by atoms with Gasteiger partial charge in [-0.15, -0.1) is 0 Å². The predicted molar refractivity (Wildman–Crippen MR) is 156 cm³/mol. The maximum absolute atomic E-state index is 7.57. The number of aliphatic hydroxyl groups excluding tert-OH is 1. The van der Waals surface area contributed by atoms with Crippen molar-refractivity contribution in [3.63, 3.8) is 0 Å². The molecule has 0 amide bonds. The summed E-state index contributed by atoms with van der Waals surface area (Å²) in [6.45, 7) is 8.02. The van der Waals surface area contributed by atoms with Crippen LogP contribution in [0.2, 0.25) is 0 Å². The monoisotopic (exact) mass is 522 g/mol. The van der Waals surface area contributed by atoms with Gasteiger partial charge < -0.3 is 35.5 Å². The lowest BCUT2D eigenvalue weighted by Crippen LogP contribution is -2.16. The number of methoxy groups -OCH3 is 2. The van der Waals surface area contributed by atoms with Crippen LogP contribution in [0.1, 0.15) is 44.2 Å². The Kier molecular flexibility index (Phi) is 11.6. The number of para-hydroxylation sites is 1. The standard InChI is InChI=1S/C27H36N6O2.C2H6O/c1-4-5-14-30-26-25-24(31-27(28)32-26)21-9-6-7-10-22(21)33(25)18-20-16-19(11-12-23(20)35-3)17-29-13-8-15-34-2;1-2-3/h6-7,9-12,16,29H,4-5,8,13-15,17-18H2,1-3H3,(H3,28,30,31,32);3H,2H2,1H3. The van der Waals surface area contributed by atoms with Crippen molar-refractivity contribution in [3.8, 4) is 5.75 Å². The van der Waals surface area contributed by atoms with E-state index in [-0.39, 0.29) is 12.6 Å². The van der Waals surface area contributed by atoms with E-state index in [0.29, 0.717) is 6.54 Å². The van der Waals surface area contributed by atoms with Crippen LogP contribution in [-0.2, 0) is 17.8 Å². The molecule has 0 aliphatic carbocycles. The van der Waals surface area contributed by atoms with Crippen LogP contribution in [0, 0.1) is 0 Å². The molecule has 0 saturated carbocycles. The molecule has 0 unspecified atom stereocenters. The van der Waals surface area contributed by atoms with Crippen LogP contribution in [0.15, 0.2) is 42.5 Å². The molecule has 0 saturated heterocycles. The van der Waals surface area contributed by atoms with Gasteiger partial charge in [-0.3, -0.25) is 0 Å². The summed E-state index contributed by atoms with van der Waals surface area (Å²) < 4.78 is 13.2. The molecule has 0 aliphatic rings. The molecule has 2 heterocycles. The Labute approximate surface area is 225 Å². The first-order valence-corrected chi connectivity index (χ1v) is 13.3. The number of nitrogens with zero attached hydrogens (tertiary/aromatic N) is 3. The van der Waals surface area contributed by atoms with Crippen molar-refractivity contribution in [2.24, 2.45) is 0 Å². The van der Waals surface area contributed by atoms with E-state index in [1.807, 2.05) is 12.1 Å². The average Bonchev–Trinajstić information content (AvgIpc) is 3.22. The van der Waals surface area contributed by atoms with Gasteiger partial charge in [-0.05, 0) is 50.1 Å². The minimum Gasteiger partial charge on any atom is -0.496 e. The van der Waals surface area contributed by atoms with E-state index in [0.717, 1.165) is 84.6 Å². The van der Waals surface area contributed by atoms with Crippen molar-refractivity contribution in [2.75, 3.05) is 51.6 Å². The number of hydrogen-bond donors (Lipinski definition) is 4. The first kappa shape index (κ1) is 29.2. The summed E-state index contributed by atoms with van der Waals surface area (Å²) in [5.74, 6) is 1.90. The third kappa shape index (κ3) is 7.34. The molecule has 9 heteroatoms. The molecule has 206 valence electrons. The molecule has 4 rings (SSSR count). The highest BCUT2D eigenvalue weighted by Gasteiger charge is 2.19. The minimum absolute atomic E-state index is 0.250. The summed E-state index contributed by atoms with van der Waals surface area (Å²) in [5, 5.41) is 15.6. The minimum atomic E-state index is 0.250. The first-order valence-electron chi connectivity index (χ1n) is 13.3. The zero-order valence-corrected chi connectivity index (χ0v) is 23.1. The summed E-state index contributed by atoms with van der Waals surface area (Å²) in [6, 6.07) is 14.7. The second kappa shape index (κ2) is 15.1. The Morgan fingerprint density at radius 3 is 2.55 bits per heavy atom. The van der Waals surface area contributed by atoms with Crippen molar-refractivity contribution in [1.82, 2.24) is 19.9 Å². The van der Waals surface area contributed by atoms with E-state index in [9.17, 15) is 0 Å². The zero-order chi connectivity index (χ0) is 27.3. The SMILES string of the molecule is CCCCNc1nc(N)nc2c3ccccc3n(Cc3cc(CNCCCOC)ccc3OC)c12.CCO. The summed E-state index contributed by atoms with van der Waals surface area (Å²) in [4.78, 5) is 9.21. The Morgan fingerprint density at radius 2 is 1.82 bits per heavy atom. The third-order valence-electron chi connectivity index (χ3n) is 6.15. The number of aromatic nitrogens is 3. The van der Waals surface area contributed by atoms with Gasteiger partial charge in [0.25, 0.3) is 0 Å². The number of nitrogen functional groups attached to an aromatic ring is 1. The summed E-state index contributed by atoms with van der Waals surface area (Å²) in [6.07, 6.45) is 3.14. The number of anilines is 2. The van der Waals surface area contributed by atoms with Crippen molar-refractivity contribution < 1.29 is 14.6 Å². The molecule has 0 spiro atoms. The first-order chi connectivity index (χ1) is 18.6. The van der Waals surface area contributed by atoms with Gasteiger partial charge in [-0.25, -0.2) is 4.98 Å². The molecule has 9 nitrogen and oxygen atoms in total. The molecule has 0 atom stereocenters. The molecule has 0 aliphatic heterocycles. The average molecular weight is 523 g/mol. The zero-order valence-electron chi connectivity index (χ0n) is 23.1. The predicted octanol–water partition coefficient (Wildman–Crippen LogP) is 4.56. The van der Waals surface area contributed by atoms with Crippen LogP contribution in [-0.4, -0.2) is 60.2 Å². The summed E-state index contributed by atoms with van der Waals surface area (Å²) in [7, 11) is 3.45. The molecular weight excluding hydrogens is 480 g/mol. The number of unbranched alkanes of at least 4 members (excludes halogenated alkanes) is 1. The maximum Gasteiger partial charge on any atom is 0.222 e. The molecule has 5 N–H and O–H groups in total. The smallest absolute Gasteiger partial charge is 0.222 e. The van der Waals surface area contributed by atoms with E-state index in [1.54, 1.807) is 21.1 Å². The maximum atomic E-state index is 7.57. The van der Waals surface area contributed by atoms with Gasteiger partial charge in [0, 0.05) is 44.4 Å². The summed E-state index contributed by atoms with van der Waals surface area (Å²) in [5.41, 5.74) is 11.3. The quantitative estimate of drug-likeness (QED) is 0.189. The molecule has 0 bridgehead atoms. The Morgan fingerprint density at radius 1 is 1.03 bits per heavy atom. The number of ether oxygens (including phenoxy) is 2. The fraction of sp³-hybridized carbons (Fsp3) is 0.448. The van der Waals surface area contributed by atoms with Gasteiger partial charge in [0.1, 0.15) is 16.8 Å². The molecule has 0 fully saturated rings. The number of aliphatic hydroxyl groups is 1. The van der Waals surface area contributed by atoms with Crippen molar-refractivity contribution >= 4 is 33.7 Å². The van der Waals surface area contributed by atoms with Crippen LogP contribution in [0.5, 0.6) is 5.75 Å². The van der Waals surface area contributed by atoms with Crippen molar-refractivity contribution in [2.45, 2.75) is 46.2 Å². The normalized spacial score (nSPS) is 11.0. The Balaban J connectivity index is 0.00000127. The van der Waals surface area contributed by atoms with Crippen LogP contribution < -0.4 is 21.1 Å². The van der Waals surface area contributed by atoms with Gasteiger partial charge in [0.05, 0.1) is 19.2 Å². The van der Waals surface area contributed by atoms with Gasteiger partial charge in [0.15, 0.2) is 5.82 Å². The number of hydrogen-bond acceptors (Lipinski definition) is 8. The van der Waals surface area contributed by atoms with Gasteiger partial charge in [-0.1, -0.05) is 37.6 Å². The third-order valence-corrected chi connectivity index (χ3v) is 6.15. The molecule has 2 aromatic heterocycles. The van der Waals surface area contributed by atoms with Crippen molar-refractivity contribution in [3.05, 3.63) is 53.6 Å². The highest BCUT2D eigenvalue weighted by Crippen LogP contribution is 2.34. The van der Waals surface area contributed by atoms with E-state index in [2.05, 4.69) is 62.4 Å². The number of fused-ring (bicyclic) bond motifs is 3. The highest BCUT2D eigenvalue weighted by molar-refractivity contribution is 6.09. The van der Waals surface area contributed by atoms with Gasteiger partial charge in [-0.2, -0.15) is 4.98 Å². The van der Waals surface area contributed by atoms with Gasteiger partial charge in [0.2, 0.25) is 5.95 Å². The second-order valence-electron chi connectivity index (χ2n) is 9.00. The highest BCUT2D eigenvalue weighted by atomic mass is 16.5. The van der Waals surface area contributed by atoms with E-state index >= 15 is 0 Å². The summed E-state index contributed by atoms with van der Waals surface area (Å²) >= 11 is 0. The number of benzene rings is 2. The molecule has 38 heavy (non-hydrogen) atoms. The van der Waals surface area contributed by atoms with E-state index < -0.39 is 0 Å². The van der Waals surface area contributed by atoms with E-state index in [4.69, 9.17) is 20.3 Å². The molecular formula is C29H42N6O3. The Bertz CT molecular complexity index is 1290. The number of nitrogens with two attached hydrogens (primary N) is 1. The lowest BCUT2D eigenvalue weighted by atomic mass is 10.1. The van der Waals surface area contributed by atoms with Crippen LogP contribution in [0.3, 0.4) is 0 Å². The number of nitrogens with one attached hydrogen (secondary N) is 2. The van der Waals surface area contributed by atoms with E-state index in [1.165, 1.54) is 5.56 Å². The molecule has 2 aromatic carbocycles. The second-order valence-corrected chi connectivity index (χ2v) is 9.00. The molecule has 0 radical (unpaired) electrons. The largest absolute Gasteiger partial charge is 0.496 e.